The minimum Gasteiger partial charge on any atom is -0.397 e. The first-order valence-electron chi connectivity index (χ1n) is 7.01. The molecule has 1 aliphatic rings. The largest absolute Gasteiger partial charge is 0.397 e. The third kappa shape index (κ3) is 2.20. The normalized spacial score (nSPS) is 15.1. The second kappa shape index (κ2) is 4.87. The van der Waals surface area contributed by atoms with Crippen LogP contribution in [0.1, 0.15) is 29.8 Å². The van der Waals surface area contributed by atoms with E-state index in [-0.39, 0.29) is 11.8 Å². The van der Waals surface area contributed by atoms with Gasteiger partial charge in [0.15, 0.2) is 0 Å². The smallest absolute Gasteiger partial charge is 0.255 e. The first-order valence-corrected chi connectivity index (χ1v) is 7.01. The van der Waals surface area contributed by atoms with E-state index in [2.05, 4.69) is 10.6 Å². The Labute approximate surface area is 128 Å². The molecule has 0 aromatic heterocycles. The summed E-state index contributed by atoms with van der Waals surface area (Å²) in [7, 11) is 0. The molecule has 1 aliphatic heterocycles. The number of nitrogens with one attached hydrogen (secondary N) is 2. The van der Waals surface area contributed by atoms with Gasteiger partial charge in [-0.3, -0.25) is 9.59 Å². The molecule has 112 valence electrons. The fourth-order valence-corrected chi connectivity index (χ4v) is 2.54. The molecule has 0 radical (unpaired) electrons. The van der Waals surface area contributed by atoms with Crippen molar-refractivity contribution in [1.29, 1.82) is 0 Å². The molecule has 4 N–H and O–H groups in total. The van der Waals surface area contributed by atoms with Crippen LogP contribution in [0.25, 0.3) is 0 Å². The van der Waals surface area contributed by atoms with E-state index >= 15 is 0 Å². The Morgan fingerprint density at radius 2 is 1.91 bits per heavy atom. The number of hydrogen-bond donors (Lipinski definition) is 3. The predicted molar refractivity (Wildman–Crippen MR) is 86.9 cm³/mol. The van der Waals surface area contributed by atoms with Gasteiger partial charge < -0.3 is 16.4 Å². The van der Waals surface area contributed by atoms with E-state index in [4.69, 9.17) is 5.73 Å². The second-order valence-electron chi connectivity index (χ2n) is 5.88. The van der Waals surface area contributed by atoms with Crippen molar-refractivity contribution in [3.63, 3.8) is 0 Å². The van der Waals surface area contributed by atoms with E-state index in [1.54, 1.807) is 36.4 Å². The molecule has 0 bridgehead atoms. The van der Waals surface area contributed by atoms with Gasteiger partial charge in [0.25, 0.3) is 5.91 Å². The molecule has 2 amide bonds. The molecular weight excluding hydrogens is 278 g/mol. The molecule has 0 atom stereocenters. The maximum atomic E-state index is 12.3. The van der Waals surface area contributed by atoms with Gasteiger partial charge in [0.2, 0.25) is 5.91 Å². The van der Waals surface area contributed by atoms with Crippen molar-refractivity contribution in [3.8, 4) is 0 Å². The maximum absolute atomic E-state index is 12.3. The number of carbonyl (C=O) groups is 2. The van der Waals surface area contributed by atoms with E-state index < -0.39 is 5.41 Å². The summed E-state index contributed by atoms with van der Waals surface area (Å²) in [6.45, 7) is 3.72. The summed E-state index contributed by atoms with van der Waals surface area (Å²) >= 11 is 0. The van der Waals surface area contributed by atoms with Crippen LogP contribution in [0.2, 0.25) is 0 Å². The van der Waals surface area contributed by atoms with E-state index in [1.165, 1.54) is 0 Å². The van der Waals surface area contributed by atoms with Gasteiger partial charge in [0.1, 0.15) is 0 Å². The molecule has 22 heavy (non-hydrogen) atoms. The number of nitrogen functional groups attached to an aromatic ring is 1. The molecule has 2 aromatic rings. The highest BCUT2D eigenvalue weighted by molar-refractivity contribution is 6.10. The average molecular weight is 295 g/mol. The van der Waals surface area contributed by atoms with Crippen LogP contribution in [-0.2, 0) is 10.2 Å². The highest BCUT2D eigenvalue weighted by Crippen LogP contribution is 2.37. The van der Waals surface area contributed by atoms with E-state index in [9.17, 15) is 9.59 Å². The number of para-hydroxylation sites is 2. The van der Waals surface area contributed by atoms with Gasteiger partial charge in [-0.2, -0.15) is 0 Å². The van der Waals surface area contributed by atoms with E-state index in [0.29, 0.717) is 22.6 Å². The maximum Gasteiger partial charge on any atom is 0.255 e. The molecule has 1 heterocycles. The minimum atomic E-state index is -0.575. The van der Waals surface area contributed by atoms with Crippen molar-refractivity contribution in [3.05, 3.63) is 53.6 Å². The minimum absolute atomic E-state index is 0.0626. The lowest BCUT2D eigenvalue weighted by Gasteiger charge is -2.15. The molecule has 0 aliphatic carbocycles. The Hall–Kier alpha value is -2.82. The number of carbonyl (C=O) groups excluding carboxylic acids is 2. The molecule has 0 unspecified atom stereocenters. The third-order valence-corrected chi connectivity index (χ3v) is 3.98. The lowest BCUT2D eigenvalue weighted by atomic mass is 9.86. The van der Waals surface area contributed by atoms with Crippen LogP contribution in [-0.4, -0.2) is 11.8 Å². The quantitative estimate of drug-likeness (QED) is 0.745. The number of rotatable bonds is 2. The highest BCUT2D eigenvalue weighted by atomic mass is 16.2. The first kappa shape index (κ1) is 14.1. The third-order valence-electron chi connectivity index (χ3n) is 3.98. The fraction of sp³-hybridized carbons (Fsp3) is 0.176. The molecule has 0 fully saturated rings. The molecular formula is C17H17N3O2. The van der Waals surface area contributed by atoms with E-state index in [1.807, 2.05) is 19.9 Å². The Morgan fingerprint density at radius 3 is 2.64 bits per heavy atom. The van der Waals surface area contributed by atoms with Crippen molar-refractivity contribution in [1.82, 2.24) is 0 Å². The van der Waals surface area contributed by atoms with Gasteiger partial charge in [0.05, 0.1) is 16.8 Å². The van der Waals surface area contributed by atoms with Crippen LogP contribution < -0.4 is 16.4 Å². The van der Waals surface area contributed by atoms with Gasteiger partial charge in [-0.15, -0.1) is 0 Å². The highest BCUT2D eigenvalue weighted by Gasteiger charge is 2.38. The lowest BCUT2D eigenvalue weighted by molar-refractivity contribution is -0.119. The zero-order chi connectivity index (χ0) is 15.9. The van der Waals surface area contributed by atoms with Gasteiger partial charge in [-0.05, 0) is 43.7 Å². The van der Waals surface area contributed by atoms with Crippen LogP contribution in [0.3, 0.4) is 0 Å². The van der Waals surface area contributed by atoms with Crippen LogP contribution in [0.4, 0.5) is 17.1 Å². The standard InChI is InChI=1S/C17H17N3O2/c1-17(2)11-8-7-10(9-14(11)20-16(17)22)15(21)19-13-6-4-3-5-12(13)18/h3-9H,18H2,1-2H3,(H,19,21)(H,20,22). The van der Waals surface area contributed by atoms with Gasteiger partial charge >= 0.3 is 0 Å². The number of fused-ring (bicyclic) bond motifs is 1. The molecule has 0 spiro atoms. The Kier molecular flexibility index (Phi) is 3.13. The summed E-state index contributed by atoms with van der Waals surface area (Å²) in [6.07, 6.45) is 0. The zero-order valence-electron chi connectivity index (χ0n) is 12.4. The second-order valence-corrected chi connectivity index (χ2v) is 5.88. The Bertz CT molecular complexity index is 781. The van der Waals surface area contributed by atoms with Crippen molar-refractivity contribution < 1.29 is 9.59 Å². The van der Waals surface area contributed by atoms with Crippen LogP contribution in [0, 0.1) is 0 Å². The molecule has 2 aromatic carbocycles. The van der Waals surface area contributed by atoms with E-state index in [0.717, 1.165) is 5.56 Å². The number of amides is 2. The molecule has 5 heteroatoms. The van der Waals surface area contributed by atoms with Crippen LogP contribution in [0.5, 0.6) is 0 Å². The fourth-order valence-electron chi connectivity index (χ4n) is 2.54. The Balaban J connectivity index is 1.88. The van der Waals surface area contributed by atoms with Crippen molar-refractivity contribution in [2.75, 3.05) is 16.4 Å². The Morgan fingerprint density at radius 1 is 1.18 bits per heavy atom. The topological polar surface area (TPSA) is 84.2 Å². The molecule has 5 nitrogen and oxygen atoms in total. The van der Waals surface area contributed by atoms with Gasteiger partial charge in [-0.1, -0.05) is 18.2 Å². The monoisotopic (exact) mass is 295 g/mol. The van der Waals surface area contributed by atoms with Gasteiger partial charge in [0, 0.05) is 11.3 Å². The zero-order valence-corrected chi connectivity index (χ0v) is 12.4. The summed E-state index contributed by atoms with van der Waals surface area (Å²) in [5.74, 6) is -0.327. The summed E-state index contributed by atoms with van der Waals surface area (Å²) in [4.78, 5) is 24.3. The first-order chi connectivity index (χ1) is 10.4. The number of anilines is 3. The van der Waals surface area contributed by atoms with Crippen molar-refractivity contribution >= 4 is 28.9 Å². The summed E-state index contributed by atoms with van der Waals surface area (Å²) in [6, 6.07) is 12.3. The lowest BCUT2D eigenvalue weighted by Crippen LogP contribution is -2.26. The molecule has 0 saturated heterocycles. The summed E-state index contributed by atoms with van der Waals surface area (Å²) in [5.41, 5.74) is 8.37. The van der Waals surface area contributed by atoms with Crippen LogP contribution >= 0.6 is 0 Å². The average Bonchev–Trinajstić information content (AvgIpc) is 2.71. The SMILES string of the molecule is CC1(C)C(=O)Nc2cc(C(=O)Nc3ccccc3N)ccc21. The van der Waals surface area contributed by atoms with Gasteiger partial charge in [-0.25, -0.2) is 0 Å². The van der Waals surface area contributed by atoms with Crippen molar-refractivity contribution in [2.45, 2.75) is 19.3 Å². The number of nitrogens with two attached hydrogens (primary N) is 1. The molecule has 0 saturated carbocycles. The molecule has 3 rings (SSSR count). The summed E-state index contributed by atoms with van der Waals surface area (Å²) < 4.78 is 0. The number of benzene rings is 2. The predicted octanol–water partition coefficient (Wildman–Crippen LogP) is 2.75. The van der Waals surface area contributed by atoms with Crippen LogP contribution in [0.15, 0.2) is 42.5 Å². The summed E-state index contributed by atoms with van der Waals surface area (Å²) in [5, 5.41) is 5.59. The van der Waals surface area contributed by atoms with Crippen molar-refractivity contribution in [2.24, 2.45) is 0 Å². The number of hydrogen-bond acceptors (Lipinski definition) is 3.